The quantitative estimate of drug-likeness (QED) is 0.862. The SMILES string of the molecule is O=C(c1cnc2c(c1)ncn2C1CC1)N1CCC(N2CCCC2)CC1. The van der Waals surface area contributed by atoms with Crippen molar-refractivity contribution in [1.82, 2.24) is 24.3 Å². The van der Waals surface area contributed by atoms with Gasteiger partial charge in [0.15, 0.2) is 5.65 Å². The summed E-state index contributed by atoms with van der Waals surface area (Å²) >= 11 is 0. The van der Waals surface area contributed by atoms with Crippen LogP contribution in [0.3, 0.4) is 0 Å². The maximum atomic E-state index is 12.9. The number of fused-ring (bicyclic) bond motifs is 1. The van der Waals surface area contributed by atoms with Crippen LogP contribution in [0.15, 0.2) is 18.6 Å². The zero-order chi connectivity index (χ0) is 16.8. The van der Waals surface area contributed by atoms with Crippen LogP contribution < -0.4 is 0 Å². The zero-order valence-corrected chi connectivity index (χ0v) is 14.6. The van der Waals surface area contributed by atoms with Gasteiger partial charge in [0.05, 0.1) is 11.9 Å². The molecule has 0 bridgehead atoms. The first-order valence-electron chi connectivity index (χ1n) is 9.65. The Balaban J connectivity index is 1.28. The molecule has 3 aliphatic rings. The van der Waals surface area contributed by atoms with Crippen LogP contribution in [0.1, 0.15) is 54.9 Å². The number of aromatic nitrogens is 3. The van der Waals surface area contributed by atoms with Crippen LogP contribution >= 0.6 is 0 Å². The highest BCUT2D eigenvalue weighted by Gasteiger charge is 2.29. The van der Waals surface area contributed by atoms with Gasteiger partial charge in [0.1, 0.15) is 5.52 Å². The Morgan fingerprint density at radius 1 is 0.960 bits per heavy atom. The van der Waals surface area contributed by atoms with Crippen LogP contribution in [-0.2, 0) is 0 Å². The van der Waals surface area contributed by atoms with Crippen molar-refractivity contribution in [2.75, 3.05) is 26.2 Å². The Kier molecular flexibility index (Phi) is 3.73. The Morgan fingerprint density at radius 2 is 1.72 bits per heavy atom. The minimum atomic E-state index is 0.107. The molecular formula is C19H25N5O. The van der Waals surface area contributed by atoms with E-state index >= 15 is 0 Å². The van der Waals surface area contributed by atoms with E-state index in [1.807, 2.05) is 17.3 Å². The van der Waals surface area contributed by atoms with E-state index in [0.29, 0.717) is 17.6 Å². The highest BCUT2D eigenvalue weighted by atomic mass is 16.2. The summed E-state index contributed by atoms with van der Waals surface area (Å²) in [5.74, 6) is 0.107. The molecule has 1 aliphatic carbocycles. The van der Waals surface area contributed by atoms with Crippen molar-refractivity contribution in [3.63, 3.8) is 0 Å². The Morgan fingerprint density at radius 3 is 2.44 bits per heavy atom. The Bertz CT molecular complexity index is 782. The molecule has 0 atom stereocenters. The molecule has 2 aromatic heterocycles. The molecule has 5 rings (SSSR count). The molecule has 4 heterocycles. The van der Waals surface area contributed by atoms with E-state index in [1.54, 1.807) is 6.20 Å². The van der Waals surface area contributed by atoms with E-state index < -0.39 is 0 Å². The minimum absolute atomic E-state index is 0.107. The monoisotopic (exact) mass is 339 g/mol. The van der Waals surface area contributed by atoms with Gasteiger partial charge < -0.3 is 14.4 Å². The molecule has 3 fully saturated rings. The molecule has 1 amide bonds. The third kappa shape index (κ3) is 2.82. The second-order valence-electron chi connectivity index (χ2n) is 7.72. The molecule has 0 unspecified atom stereocenters. The van der Waals surface area contributed by atoms with Crippen LogP contribution in [0.5, 0.6) is 0 Å². The summed E-state index contributed by atoms with van der Waals surface area (Å²) < 4.78 is 2.14. The lowest BCUT2D eigenvalue weighted by Crippen LogP contribution is -2.45. The lowest BCUT2D eigenvalue weighted by molar-refractivity contribution is 0.0644. The molecule has 2 saturated heterocycles. The average Bonchev–Trinajstić information content (AvgIpc) is 3.19. The predicted octanol–water partition coefficient (Wildman–Crippen LogP) is 2.47. The van der Waals surface area contributed by atoms with Gasteiger partial charge in [0, 0.05) is 31.4 Å². The van der Waals surface area contributed by atoms with Crippen LogP contribution in [0.2, 0.25) is 0 Å². The lowest BCUT2D eigenvalue weighted by Gasteiger charge is -2.36. The fourth-order valence-corrected chi connectivity index (χ4v) is 4.38. The molecule has 1 saturated carbocycles. The molecule has 0 N–H and O–H groups in total. The normalized spacial score (nSPS) is 22.8. The largest absolute Gasteiger partial charge is 0.338 e. The number of likely N-dealkylation sites (tertiary alicyclic amines) is 2. The Hall–Kier alpha value is -1.95. The molecule has 0 spiro atoms. The fraction of sp³-hybridized carbons (Fsp3) is 0.632. The number of pyridine rings is 1. The number of amides is 1. The number of piperidine rings is 1. The van der Waals surface area contributed by atoms with Gasteiger partial charge >= 0.3 is 0 Å². The number of carbonyl (C=O) groups excluding carboxylic acids is 1. The van der Waals surface area contributed by atoms with Crippen LogP contribution in [0, 0.1) is 0 Å². The zero-order valence-electron chi connectivity index (χ0n) is 14.6. The summed E-state index contributed by atoms with van der Waals surface area (Å²) in [6, 6.07) is 3.14. The molecule has 25 heavy (non-hydrogen) atoms. The van der Waals surface area contributed by atoms with Gasteiger partial charge in [-0.1, -0.05) is 0 Å². The summed E-state index contributed by atoms with van der Waals surface area (Å²) in [4.78, 5) is 26.5. The van der Waals surface area contributed by atoms with E-state index in [9.17, 15) is 4.79 Å². The van der Waals surface area contributed by atoms with Gasteiger partial charge in [0.2, 0.25) is 0 Å². The molecule has 0 aromatic carbocycles. The predicted molar refractivity (Wildman–Crippen MR) is 95.5 cm³/mol. The van der Waals surface area contributed by atoms with E-state index in [0.717, 1.165) is 37.1 Å². The topological polar surface area (TPSA) is 54.3 Å². The van der Waals surface area contributed by atoms with Crippen molar-refractivity contribution >= 4 is 17.1 Å². The van der Waals surface area contributed by atoms with Crippen LogP contribution in [0.25, 0.3) is 11.2 Å². The number of hydrogen-bond acceptors (Lipinski definition) is 4. The average molecular weight is 339 g/mol. The number of hydrogen-bond donors (Lipinski definition) is 0. The lowest BCUT2D eigenvalue weighted by atomic mass is 10.0. The summed E-state index contributed by atoms with van der Waals surface area (Å²) in [5.41, 5.74) is 2.42. The highest BCUT2D eigenvalue weighted by Crippen LogP contribution is 2.36. The van der Waals surface area contributed by atoms with Crippen molar-refractivity contribution in [2.45, 2.75) is 50.6 Å². The second-order valence-corrected chi connectivity index (χ2v) is 7.72. The standard InChI is InChI=1S/C19H25N5O/c25-19(23-9-5-15(6-10-23)22-7-1-2-8-22)14-11-17-18(20-12-14)24(13-21-17)16-3-4-16/h11-13,15-16H,1-10H2. The molecule has 2 aliphatic heterocycles. The first-order valence-corrected chi connectivity index (χ1v) is 9.65. The van der Waals surface area contributed by atoms with E-state index in [1.165, 1.54) is 38.8 Å². The van der Waals surface area contributed by atoms with Gasteiger partial charge in [-0.2, -0.15) is 0 Å². The second kappa shape index (κ2) is 6.09. The van der Waals surface area contributed by atoms with Crippen molar-refractivity contribution < 1.29 is 4.79 Å². The smallest absolute Gasteiger partial charge is 0.255 e. The molecule has 2 aromatic rings. The number of imidazole rings is 1. The summed E-state index contributed by atoms with van der Waals surface area (Å²) in [7, 11) is 0. The molecule has 132 valence electrons. The van der Waals surface area contributed by atoms with Gasteiger partial charge in [-0.15, -0.1) is 0 Å². The van der Waals surface area contributed by atoms with E-state index in [4.69, 9.17) is 0 Å². The van der Waals surface area contributed by atoms with Crippen LogP contribution in [0.4, 0.5) is 0 Å². The minimum Gasteiger partial charge on any atom is -0.338 e. The third-order valence-electron chi connectivity index (χ3n) is 6.01. The van der Waals surface area contributed by atoms with Crippen molar-refractivity contribution in [1.29, 1.82) is 0 Å². The van der Waals surface area contributed by atoms with Crippen molar-refractivity contribution in [3.05, 3.63) is 24.2 Å². The summed E-state index contributed by atoms with van der Waals surface area (Å²) in [6.45, 7) is 4.19. The van der Waals surface area contributed by atoms with Gasteiger partial charge in [-0.3, -0.25) is 4.79 Å². The van der Waals surface area contributed by atoms with Crippen molar-refractivity contribution in [2.24, 2.45) is 0 Å². The number of rotatable bonds is 3. The van der Waals surface area contributed by atoms with Gasteiger partial charge in [-0.05, 0) is 57.7 Å². The van der Waals surface area contributed by atoms with Crippen molar-refractivity contribution in [3.8, 4) is 0 Å². The fourth-order valence-electron chi connectivity index (χ4n) is 4.38. The molecular weight excluding hydrogens is 314 g/mol. The molecule has 6 heteroatoms. The van der Waals surface area contributed by atoms with Crippen LogP contribution in [-0.4, -0.2) is 62.5 Å². The molecule has 6 nitrogen and oxygen atoms in total. The van der Waals surface area contributed by atoms with E-state index in [-0.39, 0.29) is 5.91 Å². The first-order chi connectivity index (χ1) is 12.3. The van der Waals surface area contributed by atoms with Gasteiger partial charge in [0.25, 0.3) is 5.91 Å². The Labute approximate surface area is 147 Å². The maximum absolute atomic E-state index is 12.9. The third-order valence-corrected chi connectivity index (χ3v) is 6.01. The summed E-state index contributed by atoms with van der Waals surface area (Å²) in [5, 5.41) is 0. The van der Waals surface area contributed by atoms with E-state index in [2.05, 4.69) is 19.4 Å². The number of nitrogens with zero attached hydrogens (tertiary/aromatic N) is 5. The first kappa shape index (κ1) is 15.3. The summed E-state index contributed by atoms with van der Waals surface area (Å²) in [6.07, 6.45) is 10.9. The van der Waals surface area contributed by atoms with Gasteiger partial charge in [-0.25, -0.2) is 9.97 Å². The maximum Gasteiger partial charge on any atom is 0.255 e. The number of carbonyl (C=O) groups is 1. The molecule has 0 radical (unpaired) electrons. The highest BCUT2D eigenvalue weighted by molar-refractivity contribution is 5.96.